The molecule has 5 heteroatoms. The number of carboxylic acids is 1. The Balaban J connectivity index is 2.74. The Morgan fingerprint density at radius 2 is 2.00 bits per heavy atom. The normalized spacial score (nSPS) is 11.0. The predicted molar refractivity (Wildman–Crippen MR) is 79.3 cm³/mol. The molecule has 0 aliphatic heterocycles. The molecule has 1 N–H and O–H groups in total. The summed E-state index contributed by atoms with van der Waals surface area (Å²) in [5.41, 5.74) is 1.40. The number of benzene rings is 1. The molecule has 5 nitrogen and oxygen atoms in total. The molecule has 0 atom stereocenters. The Bertz CT molecular complexity index is 626. The van der Waals surface area contributed by atoms with Crippen LogP contribution in [-0.2, 0) is 0 Å². The van der Waals surface area contributed by atoms with E-state index in [1.54, 1.807) is 0 Å². The number of nitrogens with zero attached hydrogens (tertiary/aromatic N) is 3. The molecule has 0 saturated carbocycles. The number of carboxylic acid groups (broad SMARTS) is 1. The average molecular weight is 273 g/mol. The molecule has 0 unspecified atom stereocenters. The molecule has 0 spiro atoms. The molecule has 0 amide bonds. The van der Waals surface area contributed by atoms with Crippen LogP contribution in [-0.4, -0.2) is 33.9 Å². The summed E-state index contributed by atoms with van der Waals surface area (Å²) in [4.78, 5) is 13.6. The predicted octanol–water partition coefficient (Wildman–Crippen LogP) is 2.95. The molecule has 1 aromatic heterocycles. The Labute approximate surface area is 118 Å². The maximum absolute atomic E-state index is 11.5. The van der Waals surface area contributed by atoms with Crippen molar-refractivity contribution in [3.05, 3.63) is 30.0 Å². The fraction of sp³-hybridized carbons (Fsp3) is 0.400. The third-order valence-electron chi connectivity index (χ3n) is 3.22. The molecule has 106 valence electrons. The van der Waals surface area contributed by atoms with E-state index >= 15 is 0 Å². The van der Waals surface area contributed by atoms with Gasteiger partial charge in [0.05, 0.1) is 11.2 Å². The molecular weight excluding hydrogens is 254 g/mol. The number of fused-ring (bicyclic) bond motifs is 1. The van der Waals surface area contributed by atoms with Crippen LogP contribution in [0.2, 0.25) is 0 Å². The molecule has 2 rings (SSSR count). The smallest absolute Gasteiger partial charge is 0.358 e. The molecule has 0 saturated heterocycles. The molecule has 2 aromatic rings. The quantitative estimate of drug-likeness (QED) is 0.907. The first kappa shape index (κ1) is 14.2. The lowest BCUT2D eigenvalue weighted by molar-refractivity contribution is 0.0690. The van der Waals surface area contributed by atoms with E-state index in [1.807, 2.05) is 24.3 Å². The zero-order valence-electron chi connectivity index (χ0n) is 12.0. The van der Waals surface area contributed by atoms with Crippen molar-refractivity contribution in [3.63, 3.8) is 0 Å². The Morgan fingerprint density at radius 3 is 2.60 bits per heavy atom. The van der Waals surface area contributed by atoms with Crippen LogP contribution < -0.4 is 4.90 Å². The zero-order chi connectivity index (χ0) is 14.7. The number of aromatic carboxylic acids is 1. The standard InChI is InChI=1S/C15H19N3O2/c1-4-9-18(10(2)3)14-11-7-5-6-8-12(11)16-17-13(14)15(19)20/h5-8,10H,4,9H2,1-3H3,(H,19,20). The van der Waals surface area contributed by atoms with E-state index < -0.39 is 5.97 Å². The van der Waals surface area contributed by atoms with Crippen molar-refractivity contribution < 1.29 is 9.90 Å². The number of aromatic nitrogens is 2. The van der Waals surface area contributed by atoms with Crippen molar-refractivity contribution in [2.75, 3.05) is 11.4 Å². The summed E-state index contributed by atoms with van der Waals surface area (Å²) in [6.45, 7) is 6.97. The van der Waals surface area contributed by atoms with E-state index in [-0.39, 0.29) is 11.7 Å². The minimum absolute atomic E-state index is 0.0193. The Hall–Kier alpha value is -2.17. The van der Waals surface area contributed by atoms with E-state index in [9.17, 15) is 9.90 Å². The van der Waals surface area contributed by atoms with Gasteiger partial charge >= 0.3 is 5.97 Å². The second kappa shape index (κ2) is 5.86. The number of hydrogen-bond donors (Lipinski definition) is 1. The minimum Gasteiger partial charge on any atom is -0.476 e. The second-order valence-corrected chi connectivity index (χ2v) is 5.01. The van der Waals surface area contributed by atoms with E-state index in [1.165, 1.54) is 0 Å². The van der Waals surface area contributed by atoms with Gasteiger partial charge < -0.3 is 10.0 Å². The van der Waals surface area contributed by atoms with Crippen molar-refractivity contribution in [2.24, 2.45) is 0 Å². The first-order valence-corrected chi connectivity index (χ1v) is 6.81. The summed E-state index contributed by atoms with van der Waals surface area (Å²) in [7, 11) is 0. The molecule has 0 aliphatic rings. The van der Waals surface area contributed by atoms with Gasteiger partial charge in [0.25, 0.3) is 0 Å². The monoisotopic (exact) mass is 273 g/mol. The fourth-order valence-corrected chi connectivity index (χ4v) is 2.34. The van der Waals surface area contributed by atoms with E-state index in [4.69, 9.17) is 0 Å². The molecule has 1 heterocycles. The van der Waals surface area contributed by atoms with Crippen molar-refractivity contribution in [1.29, 1.82) is 0 Å². The molecule has 0 aliphatic carbocycles. The van der Waals surface area contributed by atoms with Gasteiger partial charge in [-0.05, 0) is 26.3 Å². The van der Waals surface area contributed by atoms with Gasteiger partial charge in [-0.2, -0.15) is 0 Å². The summed E-state index contributed by atoms with van der Waals surface area (Å²) in [6, 6.07) is 7.71. The molecular formula is C15H19N3O2. The van der Waals surface area contributed by atoms with Crippen molar-refractivity contribution >= 4 is 22.6 Å². The number of carbonyl (C=O) groups is 1. The zero-order valence-corrected chi connectivity index (χ0v) is 12.0. The van der Waals surface area contributed by atoms with Gasteiger partial charge in [0.15, 0.2) is 5.69 Å². The largest absolute Gasteiger partial charge is 0.476 e. The van der Waals surface area contributed by atoms with Gasteiger partial charge in [-0.25, -0.2) is 4.79 Å². The summed E-state index contributed by atoms with van der Waals surface area (Å²) < 4.78 is 0. The summed E-state index contributed by atoms with van der Waals surface area (Å²) in [5, 5.41) is 18.1. The lowest BCUT2D eigenvalue weighted by atomic mass is 10.1. The highest BCUT2D eigenvalue weighted by atomic mass is 16.4. The van der Waals surface area contributed by atoms with Gasteiger partial charge in [0, 0.05) is 18.0 Å². The van der Waals surface area contributed by atoms with Crippen LogP contribution in [0.25, 0.3) is 10.9 Å². The van der Waals surface area contributed by atoms with Gasteiger partial charge in [0.1, 0.15) is 0 Å². The van der Waals surface area contributed by atoms with Gasteiger partial charge in [-0.1, -0.05) is 25.1 Å². The number of hydrogen-bond acceptors (Lipinski definition) is 4. The van der Waals surface area contributed by atoms with Gasteiger partial charge in [0.2, 0.25) is 0 Å². The van der Waals surface area contributed by atoms with Crippen LogP contribution in [0.3, 0.4) is 0 Å². The topological polar surface area (TPSA) is 66.3 Å². The fourth-order valence-electron chi connectivity index (χ4n) is 2.34. The van der Waals surface area contributed by atoms with Crippen LogP contribution in [0.5, 0.6) is 0 Å². The first-order valence-electron chi connectivity index (χ1n) is 6.81. The average Bonchev–Trinajstić information content (AvgIpc) is 2.43. The van der Waals surface area contributed by atoms with Crippen LogP contribution in [0.4, 0.5) is 5.69 Å². The summed E-state index contributed by atoms with van der Waals surface area (Å²) in [6.07, 6.45) is 0.938. The van der Waals surface area contributed by atoms with Crippen LogP contribution >= 0.6 is 0 Å². The highest BCUT2D eigenvalue weighted by molar-refractivity contribution is 6.02. The van der Waals surface area contributed by atoms with Crippen LogP contribution in [0.1, 0.15) is 37.7 Å². The highest BCUT2D eigenvalue weighted by Crippen LogP contribution is 2.29. The maximum atomic E-state index is 11.5. The highest BCUT2D eigenvalue weighted by Gasteiger charge is 2.22. The minimum atomic E-state index is -1.04. The Kier molecular flexibility index (Phi) is 4.17. The van der Waals surface area contributed by atoms with E-state index in [0.717, 1.165) is 18.4 Å². The van der Waals surface area contributed by atoms with Crippen LogP contribution in [0, 0.1) is 0 Å². The second-order valence-electron chi connectivity index (χ2n) is 5.01. The molecule has 20 heavy (non-hydrogen) atoms. The third kappa shape index (κ3) is 2.57. The molecule has 1 aromatic carbocycles. The molecule has 0 fully saturated rings. The maximum Gasteiger partial charge on any atom is 0.358 e. The molecule has 0 bridgehead atoms. The lowest BCUT2D eigenvalue weighted by Crippen LogP contribution is -2.33. The van der Waals surface area contributed by atoms with Crippen LogP contribution in [0.15, 0.2) is 24.3 Å². The van der Waals surface area contributed by atoms with Crippen molar-refractivity contribution in [1.82, 2.24) is 10.2 Å². The molecule has 0 radical (unpaired) electrons. The van der Waals surface area contributed by atoms with Gasteiger partial charge in [-0.3, -0.25) is 0 Å². The SMILES string of the molecule is CCCN(c1c(C(=O)O)nnc2ccccc12)C(C)C. The summed E-state index contributed by atoms with van der Waals surface area (Å²) in [5.74, 6) is -1.04. The van der Waals surface area contributed by atoms with Crippen molar-refractivity contribution in [3.8, 4) is 0 Å². The Morgan fingerprint density at radius 1 is 1.30 bits per heavy atom. The van der Waals surface area contributed by atoms with E-state index in [0.29, 0.717) is 11.2 Å². The van der Waals surface area contributed by atoms with Crippen molar-refractivity contribution in [2.45, 2.75) is 33.2 Å². The van der Waals surface area contributed by atoms with Gasteiger partial charge in [-0.15, -0.1) is 10.2 Å². The summed E-state index contributed by atoms with van der Waals surface area (Å²) >= 11 is 0. The first-order chi connectivity index (χ1) is 9.56. The number of rotatable bonds is 5. The lowest BCUT2D eigenvalue weighted by Gasteiger charge is -2.30. The van der Waals surface area contributed by atoms with E-state index in [2.05, 4.69) is 35.9 Å². The number of anilines is 1. The third-order valence-corrected chi connectivity index (χ3v) is 3.22.